The Balaban J connectivity index is 1.57. The molecule has 1 saturated carbocycles. The predicted molar refractivity (Wildman–Crippen MR) is 82.5 cm³/mol. The first kappa shape index (κ1) is 15.6. The van der Waals surface area contributed by atoms with E-state index in [-0.39, 0.29) is 11.9 Å². The second-order valence-corrected chi connectivity index (χ2v) is 6.23. The average Bonchev–Trinajstić information content (AvgIpc) is 3.11. The van der Waals surface area contributed by atoms with Crippen molar-refractivity contribution in [1.29, 1.82) is 0 Å². The number of nitrogens with one attached hydrogen (secondary N) is 1. The molecule has 1 aliphatic carbocycles. The summed E-state index contributed by atoms with van der Waals surface area (Å²) in [5.41, 5.74) is 1.18. The molecule has 0 bridgehead atoms. The molecule has 2 atom stereocenters. The molecule has 0 spiro atoms. The van der Waals surface area contributed by atoms with E-state index in [4.69, 9.17) is 4.42 Å². The molecule has 1 aliphatic rings. The van der Waals surface area contributed by atoms with Gasteiger partial charge in [0.1, 0.15) is 5.82 Å². The molecule has 5 nitrogen and oxygen atoms in total. The van der Waals surface area contributed by atoms with Crippen LogP contribution >= 0.6 is 0 Å². The van der Waals surface area contributed by atoms with Gasteiger partial charge in [-0.25, -0.2) is 4.39 Å². The Morgan fingerprint density at radius 1 is 1.35 bits per heavy atom. The van der Waals surface area contributed by atoms with Crippen molar-refractivity contribution in [1.82, 2.24) is 15.5 Å². The zero-order valence-corrected chi connectivity index (χ0v) is 13.3. The Labute approximate surface area is 134 Å². The number of aryl methyl sites for hydroxylation is 2. The summed E-state index contributed by atoms with van der Waals surface area (Å²) in [6, 6.07) is 4.39. The fourth-order valence-corrected chi connectivity index (χ4v) is 3.16. The van der Waals surface area contributed by atoms with E-state index in [0.717, 1.165) is 31.2 Å². The summed E-state index contributed by atoms with van der Waals surface area (Å²) < 4.78 is 18.7. The van der Waals surface area contributed by atoms with E-state index >= 15 is 0 Å². The number of hydrogen-bond acceptors (Lipinski definition) is 4. The lowest BCUT2D eigenvalue weighted by molar-refractivity contribution is 0.0936. The molecule has 0 saturated heterocycles. The minimum absolute atomic E-state index is 0.110. The first-order chi connectivity index (χ1) is 11.0. The fourth-order valence-electron chi connectivity index (χ4n) is 3.16. The quantitative estimate of drug-likeness (QED) is 0.941. The molecule has 122 valence electrons. The number of aromatic nitrogens is 2. The highest BCUT2D eigenvalue weighted by Crippen LogP contribution is 2.28. The van der Waals surface area contributed by atoms with Gasteiger partial charge in [-0.3, -0.25) is 4.79 Å². The first-order valence-electron chi connectivity index (χ1n) is 7.87. The van der Waals surface area contributed by atoms with Crippen molar-refractivity contribution in [3.8, 4) is 0 Å². The number of amides is 1. The maximum atomic E-state index is 13.3. The van der Waals surface area contributed by atoms with E-state index in [1.807, 2.05) is 6.92 Å². The lowest BCUT2D eigenvalue weighted by Crippen LogP contribution is -2.33. The molecular weight excluding hydrogens is 297 g/mol. The van der Waals surface area contributed by atoms with Crippen LogP contribution in [0.2, 0.25) is 0 Å². The van der Waals surface area contributed by atoms with E-state index in [2.05, 4.69) is 15.5 Å². The molecule has 6 heteroatoms. The molecule has 1 N–H and O–H groups in total. The number of benzene rings is 1. The Morgan fingerprint density at radius 2 is 2.17 bits per heavy atom. The van der Waals surface area contributed by atoms with Crippen LogP contribution in [0, 0.1) is 25.6 Å². The van der Waals surface area contributed by atoms with Gasteiger partial charge in [-0.2, -0.15) is 0 Å². The zero-order valence-electron chi connectivity index (χ0n) is 13.3. The SMILES string of the molecule is Cc1nnc(C[C@@H]2CC[C@H](NC(=O)c3cc(F)ccc3C)C2)o1. The minimum atomic E-state index is -0.392. The molecule has 1 aromatic heterocycles. The molecule has 1 fully saturated rings. The van der Waals surface area contributed by atoms with Crippen LogP contribution in [0.4, 0.5) is 4.39 Å². The summed E-state index contributed by atoms with van der Waals surface area (Å²) >= 11 is 0. The first-order valence-corrected chi connectivity index (χ1v) is 7.87. The highest BCUT2D eigenvalue weighted by molar-refractivity contribution is 5.95. The van der Waals surface area contributed by atoms with Gasteiger partial charge in [-0.05, 0) is 49.8 Å². The van der Waals surface area contributed by atoms with Gasteiger partial charge in [0, 0.05) is 24.9 Å². The van der Waals surface area contributed by atoms with Crippen LogP contribution in [-0.4, -0.2) is 22.1 Å². The topological polar surface area (TPSA) is 68.0 Å². The van der Waals surface area contributed by atoms with Crippen molar-refractivity contribution in [2.75, 3.05) is 0 Å². The zero-order chi connectivity index (χ0) is 16.4. The molecule has 0 unspecified atom stereocenters. The normalized spacial score (nSPS) is 20.7. The van der Waals surface area contributed by atoms with Crippen LogP contribution in [0.3, 0.4) is 0 Å². The minimum Gasteiger partial charge on any atom is -0.426 e. The number of carbonyl (C=O) groups is 1. The maximum Gasteiger partial charge on any atom is 0.251 e. The Hall–Kier alpha value is -2.24. The molecule has 23 heavy (non-hydrogen) atoms. The monoisotopic (exact) mass is 317 g/mol. The van der Waals surface area contributed by atoms with Crippen LogP contribution < -0.4 is 5.32 Å². The molecule has 1 heterocycles. The van der Waals surface area contributed by atoms with Crippen LogP contribution in [0.25, 0.3) is 0 Å². The number of nitrogens with zero attached hydrogens (tertiary/aromatic N) is 2. The second-order valence-electron chi connectivity index (χ2n) is 6.23. The van der Waals surface area contributed by atoms with E-state index in [0.29, 0.717) is 23.3 Å². The summed E-state index contributed by atoms with van der Waals surface area (Å²) in [4.78, 5) is 12.3. The summed E-state index contributed by atoms with van der Waals surface area (Å²) in [6.07, 6.45) is 3.54. The lowest BCUT2D eigenvalue weighted by Gasteiger charge is -2.14. The third-order valence-electron chi connectivity index (χ3n) is 4.35. The molecule has 0 aliphatic heterocycles. The van der Waals surface area contributed by atoms with Gasteiger partial charge in [0.25, 0.3) is 5.91 Å². The number of halogens is 1. The molecular formula is C17H20FN3O2. The van der Waals surface area contributed by atoms with Crippen LogP contribution in [-0.2, 0) is 6.42 Å². The average molecular weight is 317 g/mol. The van der Waals surface area contributed by atoms with Gasteiger partial charge in [0.15, 0.2) is 0 Å². The highest BCUT2D eigenvalue weighted by Gasteiger charge is 2.28. The fraction of sp³-hybridized carbons (Fsp3) is 0.471. The van der Waals surface area contributed by atoms with E-state index in [1.54, 1.807) is 13.0 Å². The van der Waals surface area contributed by atoms with E-state index in [9.17, 15) is 9.18 Å². The van der Waals surface area contributed by atoms with Gasteiger partial charge in [0.2, 0.25) is 11.8 Å². The van der Waals surface area contributed by atoms with Crippen molar-refractivity contribution < 1.29 is 13.6 Å². The summed E-state index contributed by atoms with van der Waals surface area (Å²) in [7, 11) is 0. The third kappa shape index (κ3) is 3.75. The largest absolute Gasteiger partial charge is 0.426 e. The van der Waals surface area contributed by atoms with Gasteiger partial charge in [-0.1, -0.05) is 6.07 Å². The molecule has 2 aromatic rings. The standard InChI is InChI=1S/C17H20FN3O2/c1-10-3-5-13(18)9-15(10)17(22)19-14-6-4-12(7-14)8-16-21-20-11(2)23-16/h3,5,9,12,14H,4,6-8H2,1-2H3,(H,19,22)/t12-,14+/m1/s1. The molecule has 0 radical (unpaired) electrons. The van der Waals surface area contributed by atoms with Crippen molar-refractivity contribution in [2.45, 2.75) is 45.6 Å². The van der Waals surface area contributed by atoms with E-state index < -0.39 is 5.82 Å². The second kappa shape index (κ2) is 6.48. The number of hydrogen-bond donors (Lipinski definition) is 1. The maximum absolute atomic E-state index is 13.3. The summed E-state index contributed by atoms with van der Waals surface area (Å²) in [5, 5.41) is 10.9. The smallest absolute Gasteiger partial charge is 0.251 e. The summed E-state index contributed by atoms with van der Waals surface area (Å²) in [6.45, 7) is 3.58. The molecule has 1 amide bonds. The van der Waals surface area contributed by atoms with Gasteiger partial charge >= 0.3 is 0 Å². The van der Waals surface area contributed by atoms with E-state index in [1.165, 1.54) is 12.1 Å². The van der Waals surface area contributed by atoms with Gasteiger partial charge in [-0.15, -0.1) is 10.2 Å². The van der Waals surface area contributed by atoms with Crippen LogP contribution in [0.1, 0.15) is 47.0 Å². The number of rotatable bonds is 4. The molecule has 3 rings (SSSR count). The Bertz CT molecular complexity index is 714. The van der Waals surface area contributed by atoms with Gasteiger partial charge in [0.05, 0.1) is 0 Å². The Kier molecular flexibility index (Phi) is 4.41. The summed E-state index contributed by atoms with van der Waals surface area (Å²) in [5.74, 6) is 1.05. The number of carbonyl (C=O) groups excluding carboxylic acids is 1. The van der Waals surface area contributed by atoms with Crippen molar-refractivity contribution in [3.05, 3.63) is 46.9 Å². The predicted octanol–water partition coefficient (Wildman–Crippen LogP) is 2.97. The molecule has 1 aromatic carbocycles. The highest BCUT2D eigenvalue weighted by atomic mass is 19.1. The van der Waals surface area contributed by atoms with Gasteiger partial charge < -0.3 is 9.73 Å². The Morgan fingerprint density at radius 3 is 2.91 bits per heavy atom. The lowest BCUT2D eigenvalue weighted by atomic mass is 10.0. The van der Waals surface area contributed by atoms with Crippen LogP contribution in [0.5, 0.6) is 0 Å². The van der Waals surface area contributed by atoms with Crippen molar-refractivity contribution >= 4 is 5.91 Å². The van der Waals surface area contributed by atoms with Crippen molar-refractivity contribution in [3.63, 3.8) is 0 Å². The van der Waals surface area contributed by atoms with Crippen molar-refractivity contribution in [2.24, 2.45) is 5.92 Å². The van der Waals surface area contributed by atoms with Crippen LogP contribution in [0.15, 0.2) is 22.6 Å². The third-order valence-corrected chi connectivity index (χ3v) is 4.35.